The molecule has 2 aliphatic rings. The van der Waals surface area contributed by atoms with E-state index in [-0.39, 0.29) is 5.41 Å². The van der Waals surface area contributed by atoms with E-state index in [2.05, 4.69) is 5.32 Å². The van der Waals surface area contributed by atoms with E-state index >= 15 is 0 Å². The van der Waals surface area contributed by atoms with E-state index in [0.717, 1.165) is 19.5 Å². The molecule has 0 aromatic carbocycles. The second-order valence-corrected chi connectivity index (χ2v) is 3.78. The minimum absolute atomic E-state index is 0.270. The molecule has 1 atom stereocenters. The van der Waals surface area contributed by atoms with E-state index in [1.165, 1.54) is 0 Å². The first kappa shape index (κ1) is 8.01. The largest absolute Gasteiger partial charge is 0.479 e. The molecule has 2 N–H and O–H groups in total. The third kappa shape index (κ3) is 1.21. The van der Waals surface area contributed by atoms with Crippen LogP contribution in [-0.4, -0.2) is 36.9 Å². The van der Waals surface area contributed by atoms with Gasteiger partial charge in [-0.25, -0.2) is 4.79 Å². The smallest absolute Gasteiger partial charge is 0.332 e. The molecule has 0 amide bonds. The third-order valence-electron chi connectivity index (χ3n) is 2.80. The molecule has 0 aromatic heterocycles. The first-order valence-corrected chi connectivity index (χ1v) is 4.27. The maximum absolute atomic E-state index is 10.5. The first-order chi connectivity index (χ1) is 5.72. The van der Waals surface area contributed by atoms with Gasteiger partial charge >= 0.3 is 5.97 Å². The van der Waals surface area contributed by atoms with Crippen LogP contribution in [0.1, 0.15) is 12.8 Å². The van der Waals surface area contributed by atoms with Crippen molar-refractivity contribution in [1.82, 2.24) is 5.32 Å². The summed E-state index contributed by atoms with van der Waals surface area (Å²) in [6.07, 6.45) is 1.09. The Kier molecular flexibility index (Phi) is 1.81. The van der Waals surface area contributed by atoms with Gasteiger partial charge in [-0.05, 0) is 12.8 Å². The van der Waals surface area contributed by atoms with Gasteiger partial charge in [0.15, 0.2) is 6.10 Å². The summed E-state index contributed by atoms with van der Waals surface area (Å²) in [4.78, 5) is 10.5. The number of rotatable bonds is 1. The van der Waals surface area contributed by atoms with Crippen LogP contribution in [0.25, 0.3) is 0 Å². The van der Waals surface area contributed by atoms with Crippen molar-refractivity contribution >= 4 is 5.97 Å². The fourth-order valence-electron chi connectivity index (χ4n) is 1.82. The molecule has 0 bridgehead atoms. The Morgan fingerprint density at radius 3 is 2.67 bits per heavy atom. The minimum atomic E-state index is -0.822. The van der Waals surface area contributed by atoms with Gasteiger partial charge in [0, 0.05) is 18.5 Å². The summed E-state index contributed by atoms with van der Waals surface area (Å²) in [5.41, 5.74) is 0.270. The minimum Gasteiger partial charge on any atom is -0.479 e. The van der Waals surface area contributed by atoms with Crippen molar-refractivity contribution in [2.24, 2.45) is 5.41 Å². The van der Waals surface area contributed by atoms with Crippen molar-refractivity contribution < 1.29 is 14.6 Å². The zero-order valence-electron chi connectivity index (χ0n) is 6.88. The summed E-state index contributed by atoms with van der Waals surface area (Å²) in [6.45, 7) is 2.58. The molecule has 1 unspecified atom stereocenters. The van der Waals surface area contributed by atoms with Crippen LogP contribution in [0.3, 0.4) is 0 Å². The molecule has 2 heterocycles. The summed E-state index contributed by atoms with van der Waals surface area (Å²) >= 11 is 0. The van der Waals surface area contributed by atoms with E-state index in [1.54, 1.807) is 0 Å². The van der Waals surface area contributed by atoms with Crippen molar-refractivity contribution in [3.8, 4) is 0 Å². The van der Waals surface area contributed by atoms with Crippen LogP contribution in [-0.2, 0) is 9.53 Å². The number of ether oxygens (including phenoxy) is 1. The number of carbonyl (C=O) groups is 1. The number of carboxylic acids is 1. The normalized spacial score (nSPS) is 32.8. The number of aliphatic carboxylic acids is 1. The molecule has 2 aliphatic heterocycles. The van der Waals surface area contributed by atoms with Gasteiger partial charge in [-0.3, -0.25) is 0 Å². The number of nitrogens with one attached hydrogen (secondary N) is 1. The summed E-state index contributed by atoms with van der Waals surface area (Å²) in [5.74, 6) is -0.822. The monoisotopic (exact) mass is 171 g/mol. The second-order valence-electron chi connectivity index (χ2n) is 3.78. The van der Waals surface area contributed by atoms with Crippen LogP contribution in [0.15, 0.2) is 0 Å². The predicted octanol–water partition coefficient (Wildman–Crippen LogP) is -0.160. The molecule has 2 saturated heterocycles. The maximum atomic E-state index is 10.5. The Bertz CT molecular complexity index is 190. The lowest BCUT2D eigenvalue weighted by atomic mass is 9.76. The van der Waals surface area contributed by atoms with Crippen molar-refractivity contribution in [2.45, 2.75) is 18.9 Å². The van der Waals surface area contributed by atoms with Gasteiger partial charge in [-0.15, -0.1) is 0 Å². The van der Waals surface area contributed by atoms with Crippen molar-refractivity contribution in [3.63, 3.8) is 0 Å². The zero-order chi connectivity index (χ0) is 8.60. The van der Waals surface area contributed by atoms with E-state index in [1.807, 2.05) is 0 Å². The maximum Gasteiger partial charge on any atom is 0.332 e. The Morgan fingerprint density at radius 2 is 2.33 bits per heavy atom. The molecule has 0 aliphatic carbocycles. The lowest BCUT2D eigenvalue weighted by Gasteiger charge is -2.46. The fraction of sp³-hybridized carbons (Fsp3) is 0.875. The van der Waals surface area contributed by atoms with Crippen molar-refractivity contribution in [2.75, 3.05) is 19.7 Å². The second kappa shape index (κ2) is 2.71. The molecule has 12 heavy (non-hydrogen) atoms. The van der Waals surface area contributed by atoms with Gasteiger partial charge in [-0.2, -0.15) is 0 Å². The molecular formula is C8H13NO3. The van der Waals surface area contributed by atoms with Gasteiger partial charge in [-0.1, -0.05) is 0 Å². The van der Waals surface area contributed by atoms with Gasteiger partial charge in [0.1, 0.15) is 0 Å². The van der Waals surface area contributed by atoms with Crippen LogP contribution in [0.2, 0.25) is 0 Å². The average molecular weight is 171 g/mol. The molecule has 0 aromatic rings. The van der Waals surface area contributed by atoms with Crippen LogP contribution in [0.4, 0.5) is 0 Å². The molecule has 0 radical (unpaired) electrons. The molecule has 68 valence electrons. The molecule has 0 saturated carbocycles. The third-order valence-corrected chi connectivity index (χ3v) is 2.80. The highest BCUT2D eigenvalue weighted by Crippen LogP contribution is 2.34. The highest BCUT2D eigenvalue weighted by Gasteiger charge is 2.42. The van der Waals surface area contributed by atoms with E-state index < -0.39 is 12.1 Å². The number of carboxylic acid groups (broad SMARTS) is 1. The first-order valence-electron chi connectivity index (χ1n) is 4.27. The lowest BCUT2D eigenvalue weighted by Crippen LogP contribution is -2.59. The van der Waals surface area contributed by atoms with E-state index in [9.17, 15) is 4.79 Å². The van der Waals surface area contributed by atoms with Gasteiger partial charge in [0.2, 0.25) is 0 Å². The molecular weight excluding hydrogens is 158 g/mol. The number of hydrogen-bond acceptors (Lipinski definition) is 3. The van der Waals surface area contributed by atoms with Gasteiger partial charge < -0.3 is 15.2 Å². The van der Waals surface area contributed by atoms with Crippen LogP contribution in [0, 0.1) is 5.41 Å². The molecule has 1 spiro atoms. The van der Waals surface area contributed by atoms with Crippen molar-refractivity contribution in [3.05, 3.63) is 0 Å². The van der Waals surface area contributed by atoms with Gasteiger partial charge in [0.25, 0.3) is 0 Å². The summed E-state index contributed by atoms with van der Waals surface area (Å²) in [5, 5.41) is 11.8. The lowest BCUT2D eigenvalue weighted by molar-refractivity contribution is -0.161. The van der Waals surface area contributed by atoms with Crippen molar-refractivity contribution in [1.29, 1.82) is 0 Å². The van der Waals surface area contributed by atoms with Gasteiger partial charge in [0.05, 0.1) is 6.61 Å². The summed E-state index contributed by atoms with van der Waals surface area (Å²) in [7, 11) is 0. The van der Waals surface area contributed by atoms with Crippen LogP contribution >= 0.6 is 0 Å². The Morgan fingerprint density at radius 1 is 1.58 bits per heavy atom. The van der Waals surface area contributed by atoms with E-state index in [0.29, 0.717) is 13.0 Å². The SMILES string of the molecule is O=C(O)C1CCC2(CNC2)CO1. The highest BCUT2D eigenvalue weighted by molar-refractivity contribution is 5.72. The Balaban J connectivity index is 1.88. The zero-order valence-corrected chi connectivity index (χ0v) is 6.88. The Labute approximate surface area is 70.9 Å². The molecule has 4 nitrogen and oxygen atoms in total. The van der Waals surface area contributed by atoms with Crippen LogP contribution in [0.5, 0.6) is 0 Å². The van der Waals surface area contributed by atoms with Crippen LogP contribution < -0.4 is 5.32 Å². The molecule has 2 rings (SSSR count). The average Bonchev–Trinajstić information content (AvgIpc) is 2.02. The predicted molar refractivity (Wildman–Crippen MR) is 41.9 cm³/mol. The Hall–Kier alpha value is -0.610. The summed E-state index contributed by atoms with van der Waals surface area (Å²) < 4.78 is 5.26. The quantitative estimate of drug-likeness (QED) is 0.575. The molecule has 2 fully saturated rings. The standard InChI is InChI=1S/C8H13NO3/c10-7(11)6-1-2-8(5-12-6)3-9-4-8/h6,9H,1-5H2,(H,10,11). The fourth-order valence-corrected chi connectivity index (χ4v) is 1.82. The number of hydrogen-bond donors (Lipinski definition) is 2. The summed E-state index contributed by atoms with van der Waals surface area (Å²) in [6, 6.07) is 0. The van der Waals surface area contributed by atoms with E-state index in [4.69, 9.17) is 9.84 Å². The highest BCUT2D eigenvalue weighted by atomic mass is 16.5. The molecule has 4 heteroatoms. The topological polar surface area (TPSA) is 58.6 Å².